The molecule has 94 valence electrons. The lowest BCUT2D eigenvalue weighted by atomic mass is 10.1. The van der Waals surface area contributed by atoms with E-state index in [0.717, 1.165) is 32.5 Å². The molecule has 1 aromatic rings. The third-order valence-electron chi connectivity index (χ3n) is 3.35. The van der Waals surface area contributed by atoms with Gasteiger partial charge in [-0.25, -0.2) is 0 Å². The fourth-order valence-corrected chi connectivity index (χ4v) is 2.30. The maximum absolute atomic E-state index is 5.70. The molecule has 1 atom stereocenters. The first-order valence-electron chi connectivity index (χ1n) is 6.81. The molecule has 1 aliphatic heterocycles. The fourth-order valence-electron chi connectivity index (χ4n) is 2.30. The van der Waals surface area contributed by atoms with Crippen molar-refractivity contribution in [2.75, 3.05) is 19.7 Å². The van der Waals surface area contributed by atoms with Crippen LogP contribution in [0.3, 0.4) is 0 Å². The van der Waals surface area contributed by atoms with Crippen molar-refractivity contribution in [3.8, 4) is 0 Å². The molecule has 0 aromatic heterocycles. The second-order valence-corrected chi connectivity index (χ2v) is 4.76. The third-order valence-corrected chi connectivity index (χ3v) is 3.35. The minimum Gasteiger partial charge on any atom is -0.378 e. The van der Waals surface area contributed by atoms with Crippen LogP contribution in [0.1, 0.15) is 31.2 Å². The number of hydrogen-bond donors (Lipinski definition) is 1. The van der Waals surface area contributed by atoms with Crippen LogP contribution in [0.4, 0.5) is 0 Å². The van der Waals surface area contributed by atoms with Crippen LogP contribution in [0.2, 0.25) is 0 Å². The van der Waals surface area contributed by atoms with E-state index in [1.165, 1.54) is 24.8 Å². The smallest absolute Gasteiger partial charge is 0.0587 e. The Hall–Kier alpha value is -0.860. The normalized spacial score (nSPS) is 20.4. The summed E-state index contributed by atoms with van der Waals surface area (Å²) in [5.41, 5.74) is 1.41. The molecule has 0 aliphatic carbocycles. The van der Waals surface area contributed by atoms with Crippen molar-refractivity contribution in [1.82, 2.24) is 5.32 Å². The summed E-state index contributed by atoms with van der Waals surface area (Å²) in [6.45, 7) is 3.11. The van der Waals surface area contributed by atoms with Crippen molar-refractivity contribution in [2.45, 2.75) is 38.2 Å². The molecule has 1 heterocycles. The van der Waals surface area contributed by atoms with E-state index in [-0.39, 0.29) is 0 Å². The second-order valence-electron chi connectivity index (χ2n) is 4.76. The molecule has 0 bridgehead atoms. The highest BCUT2D eigenvalue weighted by Crippen LogP contribution is 2.14. The minimum atomic E-state index is 0.507. The molecule has 1 aliphatic rings. The van der Waals surface area contributed by atoms with Gasteiger partial charge in [-0.2, -0.15) is 0 Å². The average Bonchev–Trinajstić information content (AvgIpc) is 2.41. The number of benzene rings is 1. The lowest BCUT2D eigenvalue weighted by Gasteiger charge is -2.22. The van der Waals surface area contributed by atoms with Crippen LogP contribution in [0, 0.1) is 0 Å². The molecular weight excluding hydrogens is 210 g/mol. The van der Waals surface area contributed by atoms with E-state index in [9.17, 15) is 0 Å². The third kappa shape index (κ3) is 4.88. The monoisotopic (exact) mass is 233 g/mol. The lowest BCUT2D eigenvalue weighted by Crippen LogP contribution is -2.26. The van der Waals surface area contributed by atoms with Gasteiger partial charge < -0.3 is 10.1 Å². The van der Waals surface area contributed by atoms with E-state index >= 15 is 0 Å². The molecule has 0 amide bonds. The zero-order valence-corrected chi connectivity index (χ0v) is 10.5. The van der Waals surface area contributed by atoms with Crippen molar-refractivity contribution in [3.63, 3.8) is 0 Å². The number of hydrogen-bond acceptors (Lipinski definition) is 2. The Kier molecular flexibility index (Phi) is 5.53. The van der Waals surface area contributed by atoms with E-state index in [2.05, 4.69) is 35.6 Å². The first-order valence-corrected chi connectivity index (χ1v) is 6.81. The van der Waals surface area contributed by atoms with Crippen molar-refractivity contribution in [2.24, 2.45) is 0 Å². The standard InChI is InChI=1S/C15H23NO/c1-2-6-14(7-3-1)9-11-16-12-10-15-8-4-5-13-17-15/h1-3,6-7,15-16H,4-5,8-13H2. The molecule has 1 unspecified atom stereocenters. The van der Waals surface area contributed by atoms with Gasteiger partial charge in [0.25, 0.3) is 0 Å². The maximum atomic E-state index is 5.70. The Morgan fingerprint density at radius 3 is 2.76 bits per heavy atom. The molecule has 1 N–H and O–H groups in total. The summed E-state index contributed by atoms with van der Waals surface area (Å²) >= 11 is 0. The zero-order chi connectivity index (χ0) is 11.8. The summed E-state index contributed by atoms with van der Waals surface area (Å²) in [7, 11) is 0. The molecular formula is C15H23NO. The molecule has 2 nitrogen and oxygen atoms in total. The van der Waals surface area contributed by atoms with Crippen molar-refractivity contribution in [3.05, 3.63) is 35.9 Å². The van der Waals surface area contributed by atoms with Gasteiger partial charge in [0.1, 0.15) is 0 Å². The Morgan fingerprint density at radius 2 is 2.00 bits per heavy atom. The largest absolute Gasteiger partial charge is 0.378 e. The highest BCUT2D eigenvalue weighted by atomic mass is 16.5. The molecule has 2 heteroatoms. The lowest BCUT2D eigenvalue weighted by molar-refractivity contribution is 0.0116. The van der Waals surface area contributed by atoms with Crippen molar-refractivity contribution < 1.29 is 4.74 Å². The van der Waals surface area contributed by atoms with E-state index < -0.39 is 0 Å². The molecule has 0 saturated carbocycles. The van der Waals surface area contributed by atoms with Crippen LogP contribution in [-0.2, 0) is 11.2 Å². The Labute approximate surface area is 104 Å². The van der Waals surface area contributed by atoms with E-state index in [0.29, 0.717) is 6.10 Å². The SMILES string of the molecule is c1ccc(CCNCCC2CCCCO2)cc1. The number of ether oxygens (including phenoxy) is 1. The minimum absolute atomic E-state index is 0.507. The second kappa shape index (κ2) is 7.46. The topological polar surface area (TPSA) is 21.3 Å². The molecule has 2 rings (SSSR count). The molecule has 1 fully saturated rings. The van der Waals surface area contributed by atoms with Gasteiger partial charge in [0.05, 0.1) is 6.10 Å². The molecule has 17 heavy (non-hydrogen) atoms. The van der Waals surface area contributed by atoms with E-state index in [1.807, 2.05) is 0 Å². The van der Waals surface area contributed by atoms with Gasteiger partial charge in [-0.1, -0.05) is 30.3 Å². The van der Waals surface area contributed by atoms with Crippen molar-refractivity contribution in [1.29, 1.82) is 0 Å². The van der Waals surface area contributed by atoms with Gasteiger partial charge in [0.15, 0.2) is 0 Å². The highest BCUT2D eigenvalue weighted by molar-refractivity contribution is 5.14. The quantitative estimate of drug-likeness (QED) is 0.763. The number of nitrogens with one attached hydrogen (secondary N) is 1. The van der Waals surface area contributed by atoms with Crippen molar-refractivity contribution >= 4 is 0 Å². The summed E-state index contributed by atoms with van der Waals surface area (Å²) in [4.78, 5) is 0. The summed E-state index contributed by atoms with van der Waals surface area (Å²) in [6, 6.07) is 10.6. The predicted molar refractivity (Wildman–Crippen MR) is 71.2 cm³/mol. The maximum Gasteiger partial charge on any atom is 0.0587 e. The molecule has 1 aromatic carbocycles. The van der Waals surface area contributed by atoms with Crippen LogP contribution in [0.25, 0.3) is 0 Å². The highest BCUT2D eigenvalue weighted by Gasteiger charge is 2.12. The Morgan fingerprint density at radius 1 is 1.12 bits per heavy atom. The summed E-state index contributed by atoms with van der Waals surface area (Å²) < 4.78 is 5.70. The molecule has 0 spiro atoms. The summed E-state index contributed by atoms with van der Waals surface area (Å²) in [5.74, 6) is 0. The summed E-state index contributed by atoms with van der Waals surface area (Å²) in [5, 5.41) is 3.50. The van der Waals surface area contributed by atoms with Gasteiger partial charge in [-0.15, -0.1) is 0 Å². The van der Waals surface area contributed by atoms with Crippen LogP contribution in [0.5, 0.6) is 0 Å². The summed E-state index contributed by atoms with van der Waals surface area (Å²) in [6.07, 6.45) is 6.63. The Bertz CT molecular complexity index is 293. The Balaban J connectivity index is 1.51. The van der Waals surface area contributed by atoms with Crippen LogP contribution in [-0.4, -0.2) is 25.8 Å². The van der Waals surface area contributed by atoms with Gasteiger partial charge in [-0.3, -0.25) is 0 Å². The fraction of sp³-hybridized carbons (Fsp3) is 0.600. The van der Waals surface area contributed by atoms with Gasteiger partial charge >= 0.3 is 0 Å². The molecule has 0 radical (unpaired) electrons. The van der Waals surface area contributed by atoms with E-state index in [1.54, 1.807) is 0 Å². The average molecular weight is 233 g/mol. The van der Waals surface area contributed by atoms with Crippen LogP contribution >= 0.6 is 0 Å². The van der Waals surface area contributed by atoms with Crippen LogP contribution in [0.15, 0.2) is 30.3 Å². The van der Waals surface area contributed by atoms with Gasteiger partial charge in [0, 0.05) is 6.61 Å². The number of rotatable bonds is 6. The zero-order valence-electron chi connectivity index (χ0n) is 10.5. The first kappa shape index (κ1) is 12.6. The van der Waals surface area contributed by atoms with E-state index in [4.69, 9.17) is 4.74 Å². The predicted octanol–water partition coefficient (Wildman–Crippen LogP) is 2.78. The van der Waals surface area contributed by atoms with Crippen LogP contribution < -0.4 is 5.32 Å². The molecule has 1 saturated heterocycles. The van der Waals surface area contributed by atoms with Gasteiger partial charge in [-0.05, 0) is 50.8 Å². The van der Waals surface area contributed by atoms with Gasteiger partial charge in [0.2, 0.25) is 0 Å². The first-order chi connectivity index (χ1) is 8.45.